The molecule has 1 unspecified atom stereocenters. The molecule has 3 nitrogen and oxygen atoms in total. The van der Waals surface area contributed by atoms with Gasteiger partial charge in [-0.1, -0.05) is 33.6 Å². The standard InChI is InChI=1S/C13H25NO2/c1-5-13(3,4)9-16-12(15)14-10(2)8-11-6-7-11/h10-11H,5-9H2,1-4H3,(H,14,15). The highest BCUT2D eigenvalue weighted by molar-refractivity contribution is 5.67. The molecular formula is C13H25NO2. The van der Waals surface area contributed by atoms with E-state index in [1.807, 2.05) is 6.92 Å². The molecule has 0 radical (unpaired) electrons. The summed E-state index contributed by atoms with van der Waals surface area (Å²) >= 11 is 0. The van der Waals surface area contributed by atoms with E-state index in [0.717, 1.165) is 18.8 Å². The van der Waals surface area contributed by atoms with Gasteiger partial charge in [0, 0.05) is 6.04 Å². The molecule has 16 heavy (non-hydrogen) atoms. The molecule has 0 saturated heterocycles. The molecule has 0 aromatic carbocycles. The molecule has 1 atom stereocenters. The zero-order valence-corrected chi connectivity index (χ0v) is 11.0. The van der Waals surface area contributed by atoms with E-state index >= 15 is 0 Å². The van der Waals surface area contributed by atoms with Crippen molar-refractivity contribution < 1.29 is 9.53 Å². The predicted octanol–water partition coefficient (Wildman–Crippen LogP) is 3.34. The highest BCUT2D eigenvalue weighted by Crippen LogP contribution is 2.33. The number of ether oxygens (including phenoxy) is 1. The molecule has 1 aliphatic carbocycles. The van der Waals surface area contributed by atoms with E-state index in [9.17, 15) is 4.79 Å². The number of hydrogen-bond donors (Lipinski definition) is 1. The lowest BCUT2D eigenvalue weighted by atomic mass is 9.92. The first-order valence-corrected chi connectivity index (χ1v) is 6.36. The summed E-state index contributed by atoms with van der Waals surface area (Å²) in [5, 5.41) is 2.89. The number of carbonyl (C=O) groups excluding carboxylic acids is 1. The third kappa shape index (κ3) is 5.38. The summed E-state index contributed by atoms with van der Waals surface area (Å²) in [5.41, 5.74) is 0.0804. The summed E-state index contributed by atoms with van der Waals surface area (Å²) in [5.74, 6) is 0.836. The highest BCUT2D eigenvalue weighted by atomic mass is 16.5. The molecule has 0 aromatic rings. The van der Waals surface area contributed by atoms with Crippen molar-refractivity contribution in [1.29, 1.82) is 0 Å². The van der Waals surface area contributed by atoms with Gasteiger partial charge in [0.05, 0.1) is 6.61 Å². The van der Waals surface area contributed by atoms with E-state index < -0.39 is 0 Å². The Morgan fingerprint density at radius 1 is 1.50 bits per heavy atom. The first kappa shape index (κ1) is 13.3. The van der Waals surface area contributed by atoms with Crippen LogP contribution in [0.2, 0.25) is 0 Å². The van der Waals surface area contributed by atoms with Gasteiger partial charge in [-0.2, -0.15) is 0 Å². The Kier molecular flexibility index (Phi) is 4.63. The van der Waals surface area contributed by atoms with Crippen LogP contribution in [0.15, 0.2) is 0 Å². The molecule has 0 spiro atoms. The van der Waals surface area contributed by atoms with Crippen molar-refractivity contribution in [2.45, 2.75) is 59.4 Å². The molecule has 1 aliphatic rings. The molecule has 0 heterocycles. The van der Waals surface area contributed by atoms with Gasteiger partial charge in [0.1, 0.15) is 0 Å². The van der Waals surface area contributed by atoms with Crippen LogP contribution in [0.3, 0.4) is 0 Å². The van der Waals surface area contributed by atoms with Crippen LogP contribution in [0, 0.1) is 11.3 Å². The highest BCUT2D eigenvalue weighted by Gasteiger charge is 2.25. The van der Waals surface area contributed by atoms with Crippen molar-refractivity contribution in [1.82, 2.24) is 5.32 Å². The van der Waals surface area contributed by atoms with Gasteiger partial charge >= 0.3 is 6.09 Å². The first-order chi connectivity index (χ1) is 7.43. The average molecular weight is 227 g/mol. The molecule has 0 aromatic heterocycles. The van der Waals surface area contributed by atoms with Crippen molar-refractivity contribution >= 4 is 6.09 Å². The summed E-state index contributed by atoms with van der Waals surface area (Å²) in [4.78, 5) is 11.5. The van der Waals surface area contributed by atoms with E-state index in [1.54, 1.807) is 0 Å². The van der Waals surface area contributed by atoms with Crippen molar-refractivity contribution in [3.05, 3.63) is 0 Å². The molecular weight excluding hydrogens is 202 g/mol. The topological polar surface area (TPSA) is 38.3 Å². The number of carbonyl (C=O) groups is 1. The molecule has 1 fully saturated rings. The zero-order chi connectivity index (χ0) is 12.2. The molecule has 0 aliphatic heterocycles. The molecule has 1 amide bonds. The summed E-state index contributed by atoms with van der Waals surface area (Å²) in [7, 11) is 0. The maximum atomic E-state index is 11.5. The minimum absolute atomic E-state index is 0.0804. The van der Waals surface area contributed by atoms with Crippen molar-refractivity contribution in [3.63, 3.8) is 0 Å². The molecule has 1 saturated carbocycles. The summed E-state index contributed by atoms with van der Waals surface area (Å²) in [6.45, 7) is 8.86. The van der Waals surface area contributed by atoms with E-state index in [1.165, 1.54) is 12.8 Å². The lowest BCUT2D eigenvalue weighted by molar-refractivity contribution is 0.0942. The number of hydrogen-bond acceptors (Lipinski definition) is 2. The Bertz CT molecular complexity index is 234. The normalized spacial score (nSPS) is 18.0. The first-order valence-electron chi connectivity index (χ1n) is 6.36. The summed E-state index contributed by atoms with van der Waals surface area (Å²) in [6, 6.07) is 0.240. The SMILES string of the molecule is CCC(C)(C)COC(=O)NC(C)CC1CC1. The molecule has 3 heteroatoms. The van der Waals surface area contributed by atoms with Gasteiger partial charge in [0.25, 0.3) is 0 Å². The lowest BCUT2D eigenvalue weighted by Crippen LogP contribution is -2.35. The second-order valence-corrected chi connectivity index (χ2v) is 5.82. The lowest BCUT2D eigenvalue weighted by Gasteiger charge is -2.22. The largest absolute Gasteiger partial charge is 0.449 e. The smallest absolute Gasteiger partial charge is 0.407 e. The van der Waals surface area contributed by atoms with E-state index in [0.29, 0.717) is 6.61 Å². The second-order valence-electron chi connectivity index (χ2n) is 5.82. The molecule has 0 bridgehead atoms. The fourth-order valence-corrected chi connectivity index (χ4v) is 1.52. The maximum Gasteiger partial charge on any atom is 0.407 e. The van der Waals surface area contributed by atoms with Gasteiger partial charge in [-0.05, 0) is 31.1 Å². The van der Waals surface area contributed by atoms with E-state index in [-0.39, 0.29) is 17.6 Å². The average Bonchev–Trinajstić information content (AvgIpc) is 2.99. The zero-order valence-electron chi connectivity index (χ0n) is 11.0. The van der Waals surface area contributed by atoms with Crippen molar-refractivity contribution in [2.75, 3.05) is 6.61 Å². The van der Waals surface area contributed by atoms with Crippen molar-refractivity contribution in [2.24, 2.45) is 11.3 Å². The van der Waals surface area contributed by atoms with Gasteiger partial charge < -0.3 is 10.1 Å². The fraction of sp³-hybridized carbons (Fsp3) is 0.923. The van der Waals surface area contributed by atoms with E-state index in [2.05, 4.69) is 26.1 Å². The van der Waals surface area contributed by atoms with Crippen LogP contribution in [-0.4, -0.2) is 18.7 Å². The van der Waals surface area contributed by atoms with Gasteiger partial charge in [0.15, 0.2) is 0 Å². The number of amides is 1. The van der Waals surface area contributed by atoms with Gasteiger partial charge in [0.2, 0.25) is 0 Å². The van der Waals surface area contributed by atoms with Gasteiger partial charge in [-0.25, -0.2) is 4.79 Å². The van der Waals surface area contributed by atoms with Gasteiger partial charge in [-0.3, -0.25) is 0 Å². The maximum absolute atomic E-state index is 11.5. The minimum atomic E-state index is -0.269. The Balaban J connectivity index is 2.14. The summed E-state index contributed by atoms with van der Waals surface area (Å²) in [6.07, 6.45) is 4.48. The summed E-state index contributed by atoms with van der Waals surface area (Å²) < 4.78 is 5.22. The Labute approximate surface area is 98.9 Å². The molecule has 1 N–H and O–H groups in total. The third-order valence-corrected chi connectivity index (χ3v) is 3.30. The van der Waals surface area contributed by atoms with Crippen LogP contribution in [0.25, 0.3) is 0 Å². The predicted molar refractivity (Wildman–Crippen MR) is 65.4 cm³/mol. The quantitative estimate of drug-likeness (QED) is 0.755. The van der Waals surface area contributed by atoms with Crippen LogP contribution in [0.1, 0.15) is 53.4 Å². The number of alkyl carbamates (subject to hydrolysis) is 1. The van der Waals surface area contributed by atoms with Gasteiger partial charge in [-0.15, -0.1) is 0 Å². The monoisotopic (exact) mass is 227 g/mol. The van der Waals surface area contributed by atoms with Crippen LogP contribution in [0.4, 0.5) is 4.79 Å². The molecule has 1 rings (SSSR count). The Morgan fingerprint density at radius 2 is 2.12 bits per heavy atom. The van der Waals surface area contributed by atoms with Crippen LogP contribution < -0.4 is 5.32 Å². The van der Waals surface area contributed by atoms with Crippen LogP contribution >= 0.6 is 0 Å². The number of nitrogens with one attached hydrogen (secondary N) is 1. The minimum Gasteiger partial charge on any atom is -0.449 e. The Morgan fingerprint density at radius 3 is 2.62 bits per heavy atom. The van der Waals surface area contributed by atoms with Crippen LogP contribution in [-0.2, 0) is 4.74 Å². The fourth-order valence-electron chi connectivity index (χ4n) is 1.52. The Hall–Kier alpha value is -0.730. The molecule has 94 valence electrons. The van der Waals surface area contributed by atoms with Crippen molar-refractivity contribution in [3.8, 4) is 0 Å². The van der Waals surface area contributed by atoms with E-state index in [4.69, 9.17) is 4.74 Å². The number of rotatable bonds is 6. The second kappa shape index (κ2) is 5.55. The third-order valence-electron chi connectivity index (χ3n) is 3.30. The van der Waals surface area contributed by atoms with Crippen LogP contribution in [0.5, 0.6) is 0 Å².